The van der Waals surface area contributed by atoms with E-state index in [0.29, 0.717) is 18.5 Å². The van der Waals surface area contributed by atoms with E-state index in [2.05, 4.69) is 33.4 Å². The van der Waals surface area contributed by atoms with Crippen molar-refractivity contribution in [2.45, 2.75) is 58.0 Å². The summed E-state index contributed by atoms with van der Waals surface area (Å²) in [6, 6.07) is 1.42. The lowest BCUT2D eigenvalue weighted by atomic mass is 10.2. The molecular weight excluding hydrogens is 300 g/mol. The molecule has 24 heavy (non-hydrogen) atoms. The molecule has 1 saturated carbocycles. The van der Waals surface area contributed by atoms with E-state index < -0.39 is 0 Å². The maximum Gasteiger partial charge on any atom is 0.236 e. The fraction of sp³-hybridized carbons (Fsp3) is 0.947. The van der Waals surface area contributed by atoms with Gasteiger partial charge >= 0.3 is 0 Å². The quantitative estimate of drug-likeness (QED) is 0.778. The molecule has 0 N–H and O–H groups in total. The van der Waals surface area contributed by atoms with Crippen molar-refractivity contribution in [3.8, 4) is 0 Å². The van der Waals surface area contributed by atoms with Crippen LogP contribution in [0, 0.1) is 0 Å². The van der Waals surface area contributed by atoms with Crippen LogP contribution in [0.25, 0.3) is 0 Å². The van der Waals surface area contributed by atoms with Crippen molar-refractivity contribution >= 4 is 5.91 Å². The van der Waals surface area contributed by atoms with E-state index in [4.69, 9.17) is 0 Å². The minimum atomic E-state index is 0.343. The van der Waals surface area contributed by atoms with Gasteiger partial charge in [-0.2, -0.15) is 0 Å². The molecule has 5 heteroatoms. The van der Waals surface area contributed by atoms with Crippen LogP contribution in [0.3, 0.4) is 0 Å². The minimum Gasteiger partial charge on any atom is -0.340 e. The molecule has 2 heterocycles. The summed E-state index contributed by atoms with van der Waals surface area (Å²) in [5.41, 5.74) is 0. The Kier molecular flexibility index (Phi) is 6.53. The first-order valence-electron chi connectivity index (χ1n) is 10.1. The number of hydrogen-bond acceptors (Lipinski definition) is 4. The van der Waals surface area contributed by atoms with Gasteiger partial charge in [-0.3, -0.25) is 19.5 Å². The lowest BCUT2D eigenvalue weighted by Gasteiger charge is -2.38. The van der Waals surface area contributed by atoms with Gasteiger partial charge in [-0.15, -0.1) is 0 Å². The molecule has 3 rings (SSSR count). The molecule has 2 aliphatic heterocycles. The van der Waals surface area contributed by atoms with Crippen LogP contribution in [0.2, 0.25) is 0 Å². The van der Waals surface area contributed by atoms with Gasteiger partial charge in [-0.1, -0.05) is 12.8 Å². The first-order valence-corrected chi connectivity index (χ1v) is 10.1. The highest BCUT2D eigenvalue weighted by Crippen LogP contribution is 2.24. The topological polar surface area (TPSA) is 30.0 Å². The van der Waals surface area contributed by atoms with Crippen LogP contribution in [0.15, 0.2) is 0 Å². The monoisotopic (exact) mass is 336 g/mol. The molecule has 2 saturated heterocycles. The zero-order valence-electron chi connectivity index (χ0n) is 15.8. The fourth-order valence-corrected chi connectivity index (χ4v) is 4.55. The van der Waals surface area contributed by atoms with Crippen LogP contribution in [-0.4, -0.2) is 96.5 Å². The van der Waals surface area contributed by atoms with Gasteiger partial charge in [-0.05, 0) is 33.1 Å². The Morgan fingerprint density at radius 2 is 1.58 bits per heavy atom. The Hall–Kier alpha value is -0.650. The number of piperazine rings is 1. The summed E-state index contributed by atoms with van der Waals surface area (Å²) in [6.45, 7) is 13.5. The van der Waals surface area contributed by atoms with Crippen LogP contribution in [-0.2, 0) is 4.79 Å². The summed E-state index contributed by atoms with van der Waals surface area (Å²) in [5.74, 6) is 0.343. The molecule has 0 aromatic heterocycles. The molecule has 3 aliphatic rings. The summed E-state index contributed by atoms with van der Waals surface area (Å²) in [6.07, 6.45) is 6.70. The van der Waals surface area contributed by atoms with Crippen molar-refractivity contribution in [3.05, 3.63) is 0 Å². The predicted molar refractivity (Wildman–Crippen MR) is 98.2 cm³/mol. The number of amides is 1. The second-order valence-corrected chi connectivity index (χ2v) is 8.11. The smallest absolute Gasteiger partial charge is 0.236 e. The van der Waals surface area contributed by atoms with E-state index in [0.717, 1.165) is 64.8 Å². The Bertz CT molecular complexity index is 400. The number of rotatable bonds is 4. The molecular formula is C19H36N4O. The van der Waals surface area contributed by atoms with Crippen molar-refractivity contribution in [2.24, 2.45) is 0 Å². The van der Waals surface area contributed by atoms with E-state index in [9.17, 15) is 4.79 Å². The van der Waals surface area contributed by atoms with Gasteiger partial charge in [0.25, 0.3) is 0 Å². The predicted octanol–water partition coefficient (Wildman–Crippen LogP) is 1.49. The minimum absolute atomic E-state index is 0.343. The summed E-state index contributed by atoms with van der Waals surface area (Å²) in [4.78, 5) is 22.3. The molecule has 0 unspecified atom stereocenters. The van der Waals surface area contributed by atoms with E-state index in [1.54, 1.807) is 0 Å². The molecule has 1 aliphatic carbocycles. The first-order chi connectivity index (χ1) is 11.6. The first kappa shape index (κ1) is 18.2. The Morgan fingerprint density at radius 1 is 0.875 bits per heavy atom. The summed E-state index contributed by atoms with van der Waals surface area (Å²) in [5, 5.41) is 0. The molecule has 0 spiro atoms. The highest BCUT2D eigenvalue weighted by molar-refractivity contribution is 5.78. The van der Waals surface area contributed by atoms with Gasteiger partial charge in [0.15, 0.2) is 0 Å². The molecule has 0 bridgehead atoms. The van der Waals surface area contributed by atoms with Crippen molar-refractivity contribution in [1.82, 2.24) is 19.6 Å². The number of carbonyl (C=O) groups is 1. The molecule has 1 amide bonds. The Labute approximate surface area is 147 Å². The van der Waals surface area contributed by atoms with Crippen LogP contribution >= 0.6 is 0 Å². The van der Waals surface area contributed by atoms with Crippen molar-refractivity contribution < 1.29 is 4.79 Å². The lowest BCUT2D eigenvalue weighted by molar-refractivity contribution is -0.132. The van der Waals surface area contributed by atoms with E-state index in [1.807, 2.05) is 0 Å². The zero-order chi connectivity index (χ0) is 16.9. The normalized spacial score (nSPS) is 26.2. The SMILES string of the molecule is CC(C)N1CCCN(C(=O)CN2CCN(C3CCCC3)CC2)CC1. The fourth-order valence-electron chi connectivity index (χ4n) is 4.55. The maximum atomic E-state index is 12.7. The van der Waals surface area contributed by atoms with Gasteiger partial charge in [0.2, 0.25) is 5.91 Å². The summed E-state index contributed by atoms with van der Waals surface area (Å²) < 4.78 is 0. The standard InChI is InChI=1S/C19H36N4O/c1-17(2)21-8-5-9-23(15-14-21)19(24)16-20-10-12-22(13-11-20)18-6-3-4-7-18/h17-18H,3-16H2,1-2H3. The molecule has 138 valence electrons. The van der Waals surface area contributed by atoms with Gasteiger partial charge in [-0.25, -0.2) is 0 Å². The number of nitrogens with zero attached hydrogens (tertiary/aromatic N) is 4. The molecule has 0 radical (unpaired) electrons. The number of carbonyl (C=O) groups excluding carboxylic acids is 1. The van der Waals surface area contributed by atoms with E-state index in [1.165, 1.54) is 25.7 Å². The second-order valence-electron chi connectivity index (χ2n) is 8.11. The average molecular weight is 337 g/mol. The zero-order valence-corrected chi connectivity index (χ0v) is 15.8. The second kappa shape index (κ2) is 8.63. The van der Waals surface area contributed by atoms with E-state index in [-0.39, 0.29) is 0 Å². The summed E-state index contributed by atoms with van der Waals surface area (Å²) >= 11 is 0. The van der Waals surface area contributed by atoms with Gasteiger partial charge in [0, 0.05) is 64.4 Å². The van der Waals surface area contributed by atoms with E-state index >= 15 is 0 Å². The van der Waals surface area contributed by atoms with Crippen molar-refractivity contribution in [1.29, 1.82) is 0 Å². The molecule has 5 nitrogen and oxygen atoms in total. The van der Waals surface area contributed by atoms with Crippen LogP contribution in [0.1, 0.15) is 46.0 Å². The molecule has 0 aromatic carbocycles. The largest absolute Gasteiger partial charge is 0.340 e. The van der Waals surface area contributed by atoms with Crippen molar-refractivity contribution in [2.75, 3.05) is 58.9 Å². The third-order valence-electron chi connectivity index (χ3n) is 6.22. The van der Waals surface area contributed by atoms with Crippen LogP contribution < -0.4 is 0 Å². The molecule has 3 fully saturated rings. The Balaban J connectivity index is 1.40. The lowest BCUT2D eigenvalue weighted by Crippen LogP contribution is -2.52. The highest BCUT2D eigenvalue weighted by Gasteiger charge is 2.28. The van der Waals surface area contributed by atoms with Crippen molar-refractivity contribution in [3.63, 3.8) is 0 Å². The average Bonchev–Trinajstić information content (AvgIpc) is 2.99. The highest BCUT2D eigenvalue weighted by atomic mass is 16.2. The van der Waals surface area contributed by atoms with Gasteiger partial charge < -0.3 is 4.90 Å². The molecule has 0 atom stereocenters. The van der Waals surface area contributed by atoms with Gasteiger partial charge in [0.1, 0.15) is 0 Å². The maximum absolute atomic E-state index is 12.7. The summed E-state index contributed by atoms with van der Waals surface area (Å²) in [7, 11) is 0. The number of hydrogen-bond donors (Lipinski definition) is 0. The third-order valence-corrected chi connectivity index (χ3v) is 6.22. The van der Waals surface area contributed by atoms with Crippen LogP contribution in [0.5, 0.6) is 0 Å². The molecule has 0 aromatic rings. The van der Waals surface area contributed by atoms with Gasteiger partial charge in [0.05, 0.1) is 6.54 Å². The Morgan fingerprint density at radius 3 is 2.25 bits per heavy atom. The third kappa shape index (κ3) is 4.70. The van der Waals surface area contributed by atoms with Crippen LogP contribution in [0.4, 0.5) is 0 Å².